The van der Waals surface area contributed by atoms with Crippen LogP contribution in [0.2, 0.25) is 0 Å². The minimum absolute atomic E-state index is 0.0682. The first-order valence-corrected chi connectivity index (χ1v) is 3.68. The van der Waals surface area contributed by atoms with Gasteiger partial charge < -0.3 is 15.1 Å². The van der Waals surface area contributed by atoms with Crippen molar-refractivity contribution in [3.63, 3.8) is 0 Å². The number of aliphatic hydroxyl groups excluding tert-OH is 2. The summed E-state index contributed by atoms with van der Waals surface area (Å²) in [5.41, 5.74) is 0. The zero-order chi connectivity index (χ0) is 7.98. The number of nitrogens with zero attached hydrogens (tertiary/aromatic N) is 1. The van der Waals surface area contributed by atoms with Crippen molar-refractivity contribution in [3.05, 3.63) is 0 Å². The molecule has 0 saturated carbocycles. The summed E-state index contributed by atoms with van der Waals surface area (Å²) in [5.74, 6) is 0. The van der Waals surface area contributed by atoms with Crippen LogP contribution in [-0.4, -0.2) is 48.0 Å². The molecule has 0 fully saturated rings. The molecule has 0 aromatic heterocycles. The lowest BCUT2D eigenvalue weighted by atomic mass is 10.2. The van der Waals surface area contributed by atoms with E-state index >= 15 is 0 Å². The van der Waals surface area contributed by atoms with Gasteiger partial charge in [0.1, 0.15) is 0 Å². The molecule has 3 nitrogen and oxygen atoms in total. The smallest absolute Gasteiger partial charge is 0.0688 e. The normalized spacial score (nSPS) is 14.1. The van der Waals surface area contributed by atoms with Gasteiger partial charge in [-0.3, -0.25) is 0 Å². The van der Waals surface area contributed by atoms with Crippen LogP contribution in [0.3, 0.4) is 0 Å². The van der Waals surface area contributed by atoms with Gasteiger partial charge in [0, 0.05) is 13.2 Å². The van der Waals surface area contributed by atoms with E-state index in [4.69, 9.17) is 10.2 Å². The highest BCUT2D eigenvalue weighted by atomic mass is 16.3. The maximum atomic E-state index is 9.15. The molecule has 1 atom stereocenters. The van der Waals surface area contributed by atoms with Crippen molar-refractivity contribution in [2.75, 3.05) is 26.7 Å². The predicted octanol–water partition coefficient (Wildman–Crippen LogP) is -0.319. The van der Waals surface area contributed by atoms with Crippen LogP contribution < -0.4 is 0 Å². The summed E-state index contributed by atoms with van der Waals surface area (Å²) in [7, 11) is 1.95. The van der Waals surface area contributed by atoms with Crippen molar-refractivity contribution in [2.45, 2.75) is 19.4 Å². The Labute approximate surface area is 62.3 Å². The molecule has 0 amide bonds. The van der Waals surface area contributed by atoms with E-state index in [1.807, 2.05) is 18.9 Å². The van der Waals surface area contributed by atoms with Crippen molar-refractivity contribution in [2.24, 2.45) is 0 Å². The van der Waals surface area contributed by atoms with E-state index < -0.39 is 0 Å². The molecule has 0 heterocycles. The monoisotopic (exact) mass is 147 g/mol. The lowest BCUT2D eigenvalue weighted by molar-refractivity contribution is 0.0991. The van der Waals surface area contributed by atoms with Crippen molar-refractivity contribution < 1.29 is 10.2 Å². The van der Waals surface area contributed by atoms with Gasteiger partial charge >= 0.3 is 0 Å². The van der Waals surface area contributed by atoms with Gasteiger partial charge in [-0.15, -0.1) is 0 Å². The van der Waals surface area contributed by atoms with Crippen molar-refractivity contribution >= 4 is 0 Å². The molecule has 0 aliphatic heterocycles. The quantitative estimate of drug-likeness (QED) is 0.560. The van der Waals surface area contributed by atoms with E-state index in [0.717, 1.165) is 6.54 Å². The largest absolute Gasteiger partial charge is 0.396 e. The van der Waals surface area contributed by atoms with E-state index in [9.17, 15) is 0 Å². The molecule has 2 N–H and O–H groups in total. The van der Waals surface area contributed by atoms with Gasteiger partial charge in [-0.1, -0.05) is 6.92 Å². The highest BCUT2D eigenvalue weighted by Gasteiger charge is 2.04. The Hall–Kier alpha value is -0.120. The Kier molecular flexibility index (Phi) is 5.58. The lowest BCUT2D eigenvalue weighted by Gasteiger charge is -2.17. The maximum Gasteiger partial charge on any atom is 0.0688 e. The molecule has 0 aromatic carbocycles. The molecular formula is C7H17NO2. The summed E-state index contributed by atoms with van der Waals surface area (Å²) in [6.07, 6.45) is 0.0969. The second kappa shape index (κ2) is 5.65. The Bertz CT molecular complexity index is 78.0. The van der Waals surface area contributed by atoms with E-state index in [2.05, 4.69) is 0 Å². The fraction of sp³-hybridized carbons (Fsp3) is 1.00. The summed E-state index contributed by atoms with van der Waals surface area (Å²) in [4.78, 5) is 2.01. The SMILES string of the molecule is CCN(C)CC(O)CCO. The molecule has 1 unspecified atom stereocenters. The zero-order valence-electron chi connectivity index (χ0n) is 6.75. The minimum Gasteiger partial charge on any atom is -0.396 e. The maximum absolute atomic E-state index is 9.15. The fourth-order valence-electron chi connectivity index (χ4n) is 0.729. The average Bonchev–Trinajstić information content (AvgIpc) is 1.88. The summed E-state index contributed by atoms with van der Waals surface area (Å²) < 4.78 is 0. The van der Waals surface area contributed by atoms with Gasteiger partial charge in [0.05, 0.1) is 6.10 Å². The third-order valence-electron chi connectivity index (χ3n) is 1.52. The topological polar surface area (TPSA) is 43.7 Å². The molecule has 0 aliphatic carbocycles. The molecular weight excluding hydrogens is 130 g/mol. The number of hydrogen-bond donors (Lipinski definition) is 2. The second-order valence-electron chi connectivity index (χ2n) is 2.52. The lowest BCUT2D eigenvalue weighted by Crippen LogP contribution is -2.29. The fourth-order valence-corrected chi connectivity index (χ4v) is 0.729. The van der Waals surface area contributed by atoms with Crippen LogP contribution >= 0.6 is 0 Å². The predicted molar refractivity (Wildman–Crippen MR) is 40.9 cm³/mol. The van der Waals surface area contributed by atoms with Gasteiger partial charge in [-0.2, -0.15) is 0 Å². The number of rotatable bonds is 5. The Morgan fingerprint density at radius 2 is 2.10 bits per heavy atom. The third-order valence-corrected chi connectivity index (χ3v) is 1.52. The average molecular weight is 147 g/mol. The summed E-state index contributed by atoms with van der Waals surface area (Å²) in [6, 6.07) is 0. The van der Waals surface area contributed by atoms with Crippen molar-refractivity contribution in [1.29, 1.82) is 0 Å². The van der Waals surface area contributed by atoms with E-state index in [1.54, 1.807) is 0 Å². The Morgan fingerprint density at radius 1 is 1.50 bits per heavy atom. The number of hydrogen-bond acceptors (Lipinski definition) is 3. The first-order chi connectivity index (χ1) is 4.70. The van der Waals surface area contributed by atoms with Crippen LogP contribution in [0.1, 0.15) is 13.3 Å². The van der Waals surface area contributed by atoms with Crippen LogP contribution in [0.5, 0.6) is 0 Å². The third kappa shape index (κ3) is 4.73. The van der Waals surface area contributed by atoms with Gasteiger partial charge in [0.2, 0.25) is 0 Å². The molecule has 3 heteroatoms. The minimum atomic E-state index is -0.380. The summed E-state index contributed by atoms with van der Waals surface area (Å²) >= 11 is 0. The Balaban J connectivity index is 3.27. The molecule has 0 radical (unpaired) electrons. The Morgan fingerprint density at radius 3 is 2.50 bits per heavy atom. The summed E-state index contributed by atoms with van der Waals surface area (Å²) in [5, 5.41) is 17.6. The highest BCUT2D eigenvalue weighted by molar-refractivity contribution is 4.58. The second-order valence-corrected chi connectivity index (χ2v) is 2.52. The highest BCUT2D eigenvalue weighted by Crippen LogP contribution is 1.92. The zero-order valence-corrected chi connectivity index (χ0v) is 6.75. The molecule has 62 valence electrons. The molecule has 0 aromatic rings. The molecule has 0 bridgehead atoms. The standard InChI is InChI=1S/C7H17NO2/c1-3-8(2)6-7(10)4-5-9/h7,9-10H,3-6H2,1-2H3. The molecule has 0 aliphatic rings. The van der Waals surface area contributed by atoms with Crippen molar-refractivity contribution in [3.8, 4) is 0 Å². The van der Waals surface area contributed by atoms with Gasteiger partial charge in [-0.25, -0.2) is 0 Å². The van der Waals surface area contributed by atoms with Crippen LogP contribution in [-0.2, 0) is 0 Å². The van der Waals surface area contributed by atoms with Crippen LogP contribution in [0.25, 0.3) is 0 Å². The first kappa shape index (κ1) is 9.88. The molecule has 0 rings (SSSR count). The van der Waals surface area contributed by atoms with E-state index in [1.165, 1.54) is 0 Å². The van der Waals surface area contributed by atoms with Crippen LogP contribution in [0.4, 0.5) is 0 Å². The van der Waals surface area contributed by atoms with Crippen LogP contribution in [0, 0.1) is 0 Å². The first-order valence-electron chi connectivity index (χ1n) is 3.68. The summed E-state index contributed by atoms with van der Waals surface area (Å²) in [6.45, 7) is 3.68. The molecule has 10 heavy (non-hydrogen) atoms. The van der Waals surface area contributed by atoms with E-state index in [-0.39, 0.29) is 12.7 Å². The number of aliphatic hydroxyl groups is 2. The van der Waals surface area contributed by atoms with Crippen LogP contribution in [0.15, 0.2) is 0 Å². The van der Waals surface area contributed by atoms with Gasteiger partial charge in [-0.05, 0) is 20.0 Å². The van der Waals surface area contributed by atoms with E-state index in [0.29, 0.717) is 13.0 Å². The van der Waals surface area contributed by atoms with Gasteiger partial charge in [0.15, 0.2) is 0 Å². The number of likely N-dealkylation sites (N-methyl/N-ethyl adjacent to an activating group) is 1. The van der Waals surface area contributed by atoms with Gasteiger partial charge in [0.25, 0.3) is 0 Å². The molecule has 0 spiro atoms. The van der Waals surface area contributed by atoms with Crippen molar-refractivity contribution in [1.82, 2.24) is 4.90 Å². The molecule has 0 saturated heterocycles.